The van der Waals surface area contributed by atoms with Gasteiger partial charge >= 0.3 is 4.87 Å². The Kier molecular flexibility index (Phi) is 6.29. The minimum absolute atomic E-state index is 0.0659. The number of aryl methyl sites for hydroxylation is 1. The molecule has 2 saturated heterocycles. The first-order valence-corrected chi connectivity index (χ1v) is 12.7. The first-order chi connectivity index (χ1) is 14.4. The number of amides is 1. The molecule has 0 radical (unpaired) electrons. The molecule has 2 aromatic rings. The molecule has 0 aliphatic carbocycles. The van der Waals surface area contributed by atoms with Crippen molar-refractivity contribution in [3.63, 3.8) is 0 Å². The van der Waals surface area contributed by atoms with Gasteiger partial charge in [0.1, 0.15) is 0 Å². The third-order valence-electron chi connectivity index (χ3n) is 5.85. The molecule has 2 aliphatic rings. The van der Waals surface area contributed by atoms with Crippen molar-refractivity contribution in [3.8, 4) is 0 Å². The van der Waals surface area contributed by atoms with Crippen molar-refractivity contribution in [1.82, 2.24) is 13.8 Å². The van der Waals surface area contributed by atoms with Crippen LogP contribution in [0, 0.1) is 5.92 Å². The highest BCUT2D eigenvalue weighted by molar-refractivity contribution is 7.89. The van der Waals surface area contributed by atoms with Crippen molar-refractivity contribution in [2.24, 2.45) is 5.92 Å². The van der Waals surface area contributed by atoms with Gasteiger partial charge in [0, 0.05) is 38.6 Å². The second-order valence-electron chi connectivity index (χ2n) is 7.77. The molecule has 0 N–H and O–H groups in total. The number of nitrogens with zero attached hydrogens (tertiary/aromatic N) is 3. The van der Waals surface area contributed by atoms with Crippen LogP contribution in [0.5, 0.6) is 0 Å². The van der Waals surface area contributed by atoms with Crippen LogP contribution in [-0.2, 0) is 26.1 Å². The predicted octanol–water partition coefficient (Wildman–Crippen LogP) is 1.73. The van der Waals surface area contributed by atoms with E-state index in [1.54, 1.807) is 22.8 Å². The number of fused-ring (bicyclic) bond motifs is 1. The number of carbonyl (C=O) groups is 1. The van der Waals surface area contributed by atoms with Crippen LogP contribution in [0.15, 0.2) is 27.9 Å². The predicted molar refractivity (Wildman–Crippen MR) is 115 cm³/mol. The average molecular weight is 454 g/mol. The SMILES string of the molecule is CCCn1c(=O)sc2cc(S(=O)(=O)N3CCC(C(=O)N4CCOCC4)CC3)ccc21. The number of carbonyl (C=O) groups excluding carboxylic acids is 1. The molecule has 0 unspecified atom stereocenters. The van der Waals surface area contributed by atoms with E-state index in [9.17, 15) is 18.0 Å². The number of aromatic nitrogens is 1. The number of hydrogen-bond donors (Lipinski definition) is 0. The van der Waals surface area contributed by atoms with Crippen molar-refractivity contribution in [3.05, 3.63) is 27.9 Å². The van der Waals surface area contributed by atoms with Crippen LogP contribution in [0.1, 0.15) is 26.2 Å². The lowest BCUT2D eigenvalue weighted by atomic mass is 9.96. The highest BCUT2D eigenvalue weighted by atomic mass is 32.2. The molecule has 0 bridgehead atoms. The molecule has 164 valence electrons. The first kappa shape index (κ1) is 21.5. The number of piperidine rings is 1. The fourth-order valence-corrected chi connectivity index (χ4v) is 6.70. The summed E-state index contributed by atoms with van der Waals surface area (Å²) < 4.78 is 35.5. The largest absolute Gasteiger partial charge is 0.378 e. The maximum absolute atomic E-state index is 13.2. The van der Waals surface area contributed by atoms with E-state index in [1.807, 2.05) is 11.8 Å². The van der Waals surface area contributed by atoms with Crippen molar-refractivity contribution in [1.29, 1.82) is 0 Å². The lowest BCUT2D eigenvalue weighted by Gasteiger charge is -2.35. The Hall–Kier alpha value is -1.75. The van der Waals surface area contributed by atoms with Gasteiger partial charge in [-0.15, -0.1) is 0 Å². The third kappa shape index (κ3) is 4.05. The van der Waals surface area contributed by atoms with Crippen LogP contribution in [0.4, 0.5) is 0 Å². The zero-order valence-corrected chi connectivity index (χ0v) is 18.7. The Balaban J connectivity index is 1.48. The number of morpholine rings is 1. The average Bonchev–Trinajstić information content (AvgIpc) is 3.08. The molecule has 4 rings (SSSR count). The highest BCUT2D eigenvalue weighted by Gasteiger charge is 2.34. The van der Waals surface area contributed by atoms with Crippen LogP contribution in [0.2, 0.25) is 0 Å². The van der Waals surface area contributed by atoms with Crippen LogP contribution >= 0.6 is 11.3 Å². The fraction of sp³-hybridized carbons (Fsp3) is 0.600. The zero-order chi connectivity index (χ0) is 21.3. The van der Waals surface area contributed by atoms with E-state index in [4.69, 9.17) is 4.74 Å². The lowest BCUT2D eigenvalue weighted by Crippen LogP contribution is -2.47. The zero-order valence-electron chi connectivity index (χ0n) is 17.1. The quantitative estimate of drug-likeness (QED) is 0.688. The van der Waals surface area contributed by atoms with Gasteiger partial charge in [0.2, 0.25) is 15.9 Å². The first-order valence-electron chi connectivity index (χ1n) is 10.4. The van der Waals surface area contributed by atoms with Gasteiger partial charge in [-0.05, 0) is 37.5 Å². The normalized spacial score (nSPS) is 19.4. The van der Waals surface area contributed by atoms with Crippen LogP contribution in [-0.4, -0.2) is 67.5 Å². The third-order valence-corrected chi connectivity index (χ3v) is 8.69. The molecule has 30 heavy (non-hydrogen) atoms. The molecule has 1 aromatic heterocycles. The number of ether oxygens (including phenoxy) is 1. The highest BCUT2D eigenvalue weighted by Crippen LogP contribution is 2.28. The van der Waals surface area contributed by atoms with Crippen molar-refractivity contribution in [2.45, 2.75) is 37.6 Å². The smallest absolute Gasteiger partial charge is 0.308 e. The molecule has 2 fully saturated rings. The maximum atomic E-state index is 13.2. The summed E-state index contributed by atoms with van der Waals surface area (Å²) in [5.41, 5.74) is 0.778. The summed E-state index contributed by atoms with van der Waals surface area (Å²) in [7, 11) is -3.66. The molecule has 1 amide bonds. The van der Waals surface area contributed by atoms with Crippen LogP contribution in [0.3, 0.4) is 0 Å². The minimum atomic E-state index is -3.66. The number of rotatable bonds is 5. The van der Waals surface area contributed by atoms with Crippen LogP contribution < -0.4 is 4.87 Å². The van der Waals surface area contributed by atoms with E-state index in [-0.39, 0.29) is 21.6 Å². The Bertz CT molecular complexity index is 1080. The van der Waals surface area contributed by atoms with Gasteiger partial charge in [0.05, 0.1) is 28.3 Å². The molecule has 10 heteroatoms. The summed E-state index contributed by atoms with van der Waals surface area (Å²) in [6.45, 7) is 5.62. The molecule has 8 nitrogen and oxygen atoms in total. The lowest BCUT2D eigenvalue weighted by molar-refractivity contribution is -0.140. The van der Waals surface area contributed by atoms with Crippen LogP contribution in [0.25, 0.3) is 10.2 Å². The standard InChI is InChI=1S/C20H27N3O5S2/c1-2-7-23-17-4-3-16(14-18(17)29-20(23)25)30(26,27)22-8-5-15(6-9-22)19(24)21-10-12-28-13-11-21/h3-4,14-15H,2,5-13H2,1H3. The Morgan fingerprint density at radius 3 is 2.53 bits per heavy atom. The Labute approximate surface area is 180 Å². The molecule has 0 atom stereocenters. The van der Waals surface area contributed by atoms with Crippen molar-refractivity contribution >= 4 is 37.5 Å². The molecule has 2 aliphatic heterocycles. The Morgan fingerprint density at radius 2 is 1.87 bits per heavy atom. The molecule has 0 saturated carbocycles. The summed E-state index contributed by atoms with van der Waals surface area (Å²) >= 11 is 1.08. The topological polar surface area (TPSA) is 88.9 Å². The summed E-state index contributed by atoms with van der Waals surface area (Å²) in [4.78, 5) is 26.9. The van der Waals surface area contributed by atoms with Gasteiger partial charge in [-0.1, -0.05) is 18.3 Å². The van der Waals surface area contributed by atoms with Gasteiger partial charge in [-0.3, -0.25) is 14.2 Å². The summed E-state index contributed by atoms with van der Waals surface area (Å²) in [6, 6.07) is 4.92. The van der Waals surface area contributed by atoms with Crippen molar-refractivity contribution in [2.75, 3.05) is 39.4 Å². The van der Waals surface area contributed by atoms with E-state index in [1.165, 1.54) is 4.31 Å². The van der Waals surface area contributed by atoms with Gasteiger partial charge in [0.25, 0.3) is 0 Å². The second kappa shape index (κ2) is 8.78. The minimum Gasteiger partial charge on any atom is -0.378 e. The van der Waals surface area contributed by atoms with E-state index in [0.29, 0.717) is 63.5 Å². The monoisotopic (exact) mass is 453 g/mol. The van der Waals surface area contributed by atoms with E-state index >= 15 is 0 Å². The molecule has 3 heterocycles. The molecular formula is C20H27N3O5S2. The number of thiazole rings is 1. The van der Waals surface area contributed by atoms with Gasteiger partial charge in [-0.2, -0.15) is 4.31 Å². The number of sulfonamides is 1. The second-order valence-corrected chi connectivity index (χ2v) is 10.7. The van der Waals surface area contributed by atoms with E-state index < -0.39 is 10.0 Å². The molecule has 1 aromatic carbocycles. The Morgan fingerprint density at radius 1 is 1.17 bits per heavy atom. The maximum Gasteiger partial charge on any atom is 0.308 e. The van der Waals surface area contributed by atoms with Gasteiger partial charge < -0.3 is 9.64 Å². The number of hydrogen-bond acceptors (Lipinski definition) is 6. The summed E-state index contributed by atoms with van der Waals surface area (Å²) in [5.74, 6) is -0.0239. The van der Waals surface area contributed by atoms with E-state index in [0.717, 1.165) is 23.3 Å². The number of benzene rings is 1. The van der Waals surface area contributed by atoms with Gasteiger partial charge in [0.15, 0.2) is 0 Å². The summed E-state index contributed by atoms with van der Waals surface area (Å²) in [6.07, 6.45) is 1.89. The summed E-state index contributed by atoms with van der Waals surface area (Å²) in [5, 5.41) is 0. The van der Waals surface area contributed by atoms with E-state index in [2.05, 4.69) is 0 Å². The van der Waals surface area contributed by atoms with Crippen molar-refractivity contribution < 1.29 is 17.9 Å². The van der Waals surface area contributed by atoms with Gasteiger partial charge in [-0.25, -0.2) is 8.42 Å². The fourth-order valence-electron chi connectivity index (χ4n) is 4.18. The molecule has 0 spiro atoms. The molecular weight excluding hydrogens is 426 g/mol.